The van der Waals surface area contributed by atoms with E-state index in [1.807, 2.05) is 12.1 Å². The van der Waals surface area contributed by atoms with Crippen LogP contribution in [-0.2, 0) is 10.8 Å². The maximum Gasteiger partial charge on any atom is 0.429 e. The highest BCUT2D eigenvalue weighted by Gasteiger charge is 2.40. The SMILES string of the molecule is Cc1cc(-c2ccc(C3CCC(S)CO3)cc2)cc(F)c1C(F)(F)Oc1cc(F)c(C)c(F)c1C. The predicted octanol–water partition coefficient (Wildman–Crippen LogP) is 7.97. The Bertz CT molecular complexity index is 1210. The number of halogens is 5. The first-order chi connectivity index (χ1) is 16.5. The molecule has 0 bridgehead atoms. The van der Waals surface area contributed by atoms with Gasteiger partial charge in [-0.15, -0.1) is 0 Å². The van der Waals surface area contributed by atoms with Crippen LogP contribution in [-0.4, -0.2) is 11.9 Å². The second-order valence-electron chi connectivity index (χ2n) is 8.86. The zero-order valence-corrected chi connectivity index (χ0v) is 20.4. The molecule has 186 valence electrons. The summed E-state index contributed by atoms with van der Waals surface area (Å²) in [5.74, 6) is -3.90. The lowest BCUT2D eigenvalue weighted by Gasteiger charge is -2.26. The second kappa shape index (κ2) is 9.82. The summed E-state index contributed by atoms with van der Waals surface area (Å²) < 4.78 is 83.5. The molecule has 0 spiro atoms. The number of ether oxygens (including phenoxy) is 2. The Labute approximate surface area is 206 Å². The van der Waals surface area contributed by atoms with E-state index in [-0.39, 0.29) is 28.0 Å². The fourth-order valence-electron chi connectivity index (χ4n) is 4.29. The van der Waals surface area contributed by atoms with Crippen molar-refractivity contribution in [2.24, 2.45) is 0 Å². The van der Waals surface area contributed by atoms with Gasteiger partial charge in [-0.3, -0.25) is 0 Å². The van der Waals surface area contributed by atoms with Gasteiger partial charge in [0, 0.05) is 22.4 Å². The topological polar surface area (TPSA) is 18.5 Å². The summed E-state index contributed by atoms with van der Waals surface area (Å²) in [6, 6.07) is 10.4. The number of hydrogen-bond acceptors (Lipinski definition) is 3. The number of hydrogen-bond donors (Lipinski definition) is 1. The largest absolute Gasteiger partial charge is 0.429 e. The average Bonchev–Trinajstić information content (AvgIpc) is 2.81. The summed E-state index contributed by atoms with van der Waals surface area (Å²) in [5.41, 5.74) is 0.395. The van der Waals surface area contributed by atoms with Crippen LogP contribution in [0.5, 0.6) is 5.75 Å². The molecule has 3 aromatic carbocycles. The minimum atomic E-state index is -4.15. The maximum atomic E-state index is 15.0. The van der Waals surface area contributed by atoms with Crippen LogP contribution < -0.4 is 4.74 Å². The zero-order valence-electron chi connectivity index (χ0n) is 19.5. The minimum absolute atomic E-state index is 0.0379. The van der Waals surface area contributed by atoms with Gasteiger partial charge in [-0.1, -0.05) is 30.3 Å². The molecule has 0 N–H and O–H groups in total. The van der Waals surface area contributed by atoms with E-state index in [0.717, 1.165) is 24.5 Å². The Hall–Kier alpha value is -2.58. The first-order valence-corrected chi connectivity index (χ1v) is 11.7. The third kappa shape index (κ3) is 5.19. The summed E-state index contributed by atoms with van der Waals surface area (Å²) in [4.78, 5) is 0. The molecule has 0 radical (unpaired) electrons. The molecule has 4 rings (SSSR count). The lowest BCUT2D eigenvalue weighted by atomic mass is 9.95. The molecule has 0 aliphatic carbocycles. The molecule has 1 saturated heterocycles. The first-order valence-electron chi connectivity index (χ1n) is 11.2. The molecule has 1 aliphatic rings. The average molecular weight is 509 g/mol. The monoisotopic (exact) mass is 508 g/mol. The van der Waals surface area contributed by atoms with Crippen LogP contribution in [0.2, 0.25) is 0 Å². The molecule has 2 atom stereocenters. The molecule has 35 heavy (non-hydrogen) atoms. The quantitative estimate of drug-likeness (QED) is 0.278. The van der Waals surface area contributed by atoms with E-state index in [1.165, 1.54) is 26.8 Å². The van der Waals surface area contributed by atoms with Gasteiger partial charge >= 0.3 is 6.11 Å². The maximum absolute atomic E-state index is 15.0. The third-order valence-electron chi connectivity index (χ3n) is 6.33. The van der Waals surface area contributed by atoms with Gasteiger partial charge in [0.15, 0.2) is 0 Å². The Kier molecular flexibility index (Phi) is 7.16. The highest BCUT2D eigenvalue weighted by Crippen LogP contribution is 2.39. The van der Waals surface area contributed by atoms with E-state index in [9.17, 15) is 13.2 Å². The van der Waals surface area contributed by atoms with Crippen molar-refractivity contribution in [3.63, 3.8) is 0 Å². The number of rotatable bonds is 5. The number of thiol groups is 1. The Morgan fingerprint density at radius 3 is 2.17 bits per heavy atom. The van der Waals surface area contributed by atoms with Crippen molar-refractivity contribution in [3.8, 4) is 16.9 Å². The molecule has 2 nitrogen and oxygen atoms in total. The summed E-state index contributed by atoms with van der Waals surface area (Å²) in [7, 11) is 0. The zero-order chi connectivity index (χ0) is 25.5. The number of alkyl halides is 2. The molecule has 2 unspecified atom stereocenters. The molecule has 0 aromatic heterocycles. The van der Waals surface area contributed by atoms with E-state index >= 15 is 8.78 Å². The molecular formula is C27H25F5O2S. The van der Waals surface area contributed by atoms with Crippen molar-refractivity contribution in [3.05, 3.63) is 87.7 Å². The molecule has 1 heterocycles. The molecule has 1 fully saturated rings. The fraction of sp³-hybridized carbons (Fsp3) is 0.333. The van der Waals surface area contributed by atoms with E-state index in [4.69, 9.17) is 4.74 Å². The van der Waals surface area contributed by atoms with Crippen molar-refractivity contribution in [1.29, 1.82) is 0 Å². The number of aryl methyl sites for hydroxylation is 1. The predicted molar refractivity (Wildman–Crippen MR) is 128 cm³/mol. The van der Waals surface area contributed by atoms with Gasteiger partial charge in [-0.2, -0.15) is 21.4 Å². The van der Waals surface area contributed by atoms with E-state index in [1.54, 1.807) is 12.1 Å². The summed E-state index contributed by atoms with van der Waals surface area (Å²) in [6.07, 6.45) is -2.40. The van der Waals surface area contributed by atoms with Crippen LogP contribution in [0.15, 0.2) is 42.5 Å². The van der Waals surface area contributed by atoms with Crippen molar-refractivity contribution in [2.75, 3.05) is 6.61 Å². The minimum Gasteiger partial charge on any atom is -0.428 e. The van der Waals surface area contributed by atoms with Crippen molar-refractivity contribution in [1.82, 2.24) is 0 Å². The first kappa shape index (κ1) is 25.5. The van der Waals surface area contributed by atoms with Crippen LogP contribution in [0, 0.1) is 38.2 Å². The molecular weight excluding hydrogens is 483 g/mol. The van der Waals surface area contributed by atoms with Gasteiger partial charge in [-0.05, 0) is 61.9 Å². The number of benzene rings is 3. The second-order valence-corrected chi connectivity index (χ2v) is 9.59. The third-order valence-corrected chi connectivity index (χ3v) is 6.74. The van der Waals surface area contributed by atoms with E-state index in [2.05, 4.69) is 17.4 Å². The van der Waals surface area contributed by atoms with Crippen molar-refractivity contribution in [2.45, 2.75) is 51.1 Å². The fourth-order valence-corrected chi connectivity index (χ4v) is 4.53. The standard InChI is InChI=1S/C27H25F5O2S/c1-14-10-19(17-4-6-18(7-5-17)23-9-8-20(35)13-33-23)11-22(29)25(14)27(31,32)34-24-12-21(28)15(2)26(30)16(24)3/h4-7,10-12,20,23,35H,8-9,13H2,1-3H3. The van der Waals surface area contributed by atoms with Gasteiger partial charge in [0.2, 0.25) is 0 Å². The Balaban J connectivity index is 1.60. The molecule has 8 heteroatoms. The van der Waals surface area contributed by atoms with Gasteiger partial charge in [0.05, 0.1) is 12.7 Å². The van der Waals surface area contributed by atoms with Gasteiger partial charge in [0.1, 0.15) is 28.8 Å². The smallest absolute Gasteiger partial charge is 0.428 e. The molecule has 0 amide bonds. The van der Waals surface area contributed by atoms with Crippen LogP contribution in [0.4, 0.5) is 22.0 Å². The summed E-state index contributed by atoms with van der Waals surface area (Å²) in [6.45, 7) is 4.28. The van der Waals surface area contributed by atoms with Gasteiger partial charge < -0.3 is 9.47 Å². The van der Waals surface area contributed by atoms with E-state index in [0.29, 0.717) is 23.8 Å². The Morgan fingerprint density at radius 2 is 1.57 bits per heavy atom. The lowest BCUT2D eigenvalue weighted by molar-refractivity contribution is -0.188. The van der Waals surface area contributed by atoms with Gasteiger partial charge in [0.25, 0.3) is 0 Å². The molecule has 1 aliphatic heterocycles. The van der Waals surface area contributed by atoms with E-state index < -0.39 is 34.9 Å². The summed E-state index contributed by atoms with van der Waals surface area (Å²) in [5, 5.41) is 0.227. The molecule has 3 aromatic rings. The van der Waals surface area contributed by atoms with Crippen LogP contribution in [0.1, 0.15) is 46.8 Å². The van der Waals surface area contributed by atoms with Crippen molar-refractivity contribution >= 4 is 12.6 Å². The van der Waals surface area contributed by atoms with Crippen LogP contribution >= 0.6 is 12.6 Å². The highest BCUT2D eigenvalue weighted by atomic mass is 32.1. The highest BCUT2D eigenvalue weighted by molar-refractivity contribution is 7.81. The Morgan fingerprint density at radius 1 is 0.886 bits per heavy atom. The summed E-state index contributed by atoms with van der Waals surface area (Å²) >= 11 is 4.42. The van der Waals surface area contributed by atoms with Crippen molar-refractivity contribution < 1.29 is 31.4 Å². The molecule has 0 saturated carbocycles. The normalized spacial score (nSPS) is 18.5. The van der Waals surface area contributed by atoms with Crippen LogP contribution in [0.3, 0.4) is 0 Å². The van der Waals surface area contributed by atoms with Crippen LogP contribution in [0.25, 0.3) is 11.1 Å². The van der Waals surface area contributed by atoms with Gasteiger partial charge in [-0.25, -0.2) is 13.2 Å². The lowest BCUT2D eigenvalue weighted by Crippen LogP contribution is -2.25.